The van der Waals surface area contributed by atoms with Gasteiger partial charge in [0.15, 0.2) is 11.9 Å². The molecule has 6 heteroatoms. The number of rotatable bonds is 6. The molecule has 1 rings (SSSR count). The van der Waals surface area contributed by atoms with Gasteiger partial charge in [-0.3, -0.25) is 0 Å². The summed E-state index contributed by atoms with van der Waals surface area (Å²) in [6, 6.07) is 1.79. The van der Waals surface area contributed by atoms with Crippen molar-refractivity contribution in [3.05, 3.63) is 35.3 Å². The molecule has 0 fully saturated rings. The average Bonchev–Trinajstić information content (AvgIpc) is 2.43. The summed E-state index contributed by atoms with van der Waals surface area (Å²) in [5.74, 6) is 0.533. The van der Waals surface area contributed by atoms with Crippen molar-refractivity contribution >= 4 is 12.2 Å². The van der Waals surface area contributed by atoms with Crippen LogP contribution in [0.4, 0.5) is 4.79 Å². The number of aromatic nitrogens is 1. The lowest BCUT2D eigenvalue weighted by atomic mass is 10.1. The van der Waals surface area contributed by atoms with Crippen molar-refractivity contribution in [2.24, 2.45) is 0 Å². The monoisotopic (exact) mass is 350 g/mol. The minimum absolute atomic E-state index is 0.00160. The van der Waals surface area contributed by atoms with Crippen LogP contribution in [0.1, 0.15) is 53.5 Å². The second-order valence-corrected chi connectivity index (χ2v) is 7.41. The lowest BCUT2D eigenvalue weighted by Gasteiger charge is -2.28. The predicted molar refractivity (Wildman–Crippen MR) is 98.3 cm³/mol. The van der Waals surface area contributed by atoms with Gasteiger partial charge in [-0.2, -0.15) is 4.73 Å². The van der Waals surface area contributed by atoms with Gasteiger partial charge in [0.2, 0.25) is 6.20 Å². The summed E-state index contributed by atoms with van der Waals surface area (Å²) in [4.78, 5) is 13.6. The Hall–Kier alpha value is -2.24. The largest absolute Gasteiger partial charge is 0.619 e. The van der Waals surface area contributed by atoms with E-state index < -0.39 is 5.60 Å². The molecule has 140 valence electrons. The number of hydrogen-bond donors (Lipinski definition) is 0. The molecule has 1 amide bonds. The molecule has 0 aromatic carbocycles. The van der Waals surface area contributed by atoms with Gasteiger partial charge in [-0.15, -0.1) is 0 Å². The van der Waals surface area contributed by atoms with Crippen molar-refractivity contribution in [1.82, 2.24) is 4.90 Å². The third-order valence-electron chi connectivity index (χ3n) is 3.34. The van der Waals surface area contributed by atoms with E-state index in [0.717, 1.165) is 10.3 Å². The van der Waals surface area contributed by atoms with Crippen LogP contribution in [0.15, 0.2) is 24.5 Å². The lowest BCUT2D eigenvalue weighted by Crippen LogP contribution is -2.39. The first kappa shape index (κ1) is 20.8. The van der Waals surface area contributed by atoms with Crippen molar-refractivity contribution in [2.45, 2.75) is 65.7 Å². The summed E-state index contributed by atoms with van der Waals surface area (Å²) < 4.78 is 11.6. The molecule has 0 saturated heterocycles. The van der Waals surface area contributed by atoms with Gasteiger partial charge in [0.25, 0.3) is 0 Å². The Kier molecular flexibility index (Phi) is 7.27. The Morgan fingerprint density at radius 3 is 2.52 bits per heavy atom. The minimum atomic E-state index is -0.514. The second-order valence-electron chi connectivity index (χ2n) is 7.41. The van der Waals surface area contributed by atoms with Gasteiger partial charge in [-0.25, -0.2) is 4.79 Å². The third-order valence-corrected chi connectivity index (χ3v) is 3.34. The predicted octanol–water partition coefficient (Wildman–Crippen LogP) is 3.77. The minimum Gasteiger partial charge on any atom is -0.619 e. The van der Waals surface area contributed by atoms with Crippen LogP contribution in [0.2, 0.25) is 0 Å². The van der Waals surface area contributed by atoms with Crippen LogP contribution in [0.3, 0.4) is 0 Å². The van der Waals surface area contributed by atoms with E-state index >= 15 is 0 Å². The first-order valence-corrected chi connectivity index (χ1v) is 8.51. The van der Waals surface area contributed by atoms with Crippen LogP contribution < -0.4 is 9.47 Å². The molecule has 0 unspecified atom stereocenters. The maximum atomic E-state index is 12.0. The standard InChI is InChI=1S/C19H30N2O4/c1-14(2)24-17-11-16(12-21(23)13-17)10-8-9-15(3)20(7)18(22)25-19(4,5)6/h8,10-15H,9H2,1-7H3/t15-/m0/s1. The fourth-order valence-corrected chi connectivity index (χ4v) is 2.05. The van der Waals surface area contributed by atoms with Crippen molar-refractivity contribution in [2.75, 3.05) is 7.05 Å². The maximum Gasteiger partial charge on any atom is 0.410 e. The number of nitrogens with zero attached hydrogens (tertiary/aromatic N) is 2. The molecule has 25 heavy (non-hydrogen) atoms. The van der Waals surface area contributed by atoms with Crippen LogP contribution >= 0.6 is 0 Å². The lowest BCUT2D eigenvalue weighted by molar-refractivity contribution is -0.606. The molecule has 0 saturated carbocycles. The number of amides is 1. The number of pyridine rings is 1. The quantitative estimate of drug-likeness (QED) is 0.579. The molecule has 1 aromatic rings. The number of carbonyl (C=O) groups excluding carboxylic acids is 1. The Morgan fingerprint density at radius 2 is 1.96 bits per heavy atom. The molecule has 0 aliphatic carbocycles. The van der Waals surface area contributed by atoms with E-state index in [1.54, 1.807) is 11.9 Å². The van der Waals surface area contributed by atoms with Crippen LogP contribution in [0.25, 0.3) is 6.08 Å². The highest BCUT2D eigenvalue weighted by Crippen LogP contribution is 2.15. The van der Waals surface area contributed by atoms with E-state index in [1.165, 1.54) is 12.4 Å². The summed E-state index contributed by atoms with van der Waals surface area (Å²) in [7, 11) is 1.72. The molecule has 0 aliphatic heterocycles. The molecule has 0 aliphatic rings. The van der Waals surface area contributed by atoms with Crippen molar-refractivity contribution in [3.63, 3.8) is 0 Å². The van der Waals surface area contributed by atoms with Crippen LogP contribution in [0, 0.1) is 5.21 Å². The van der Waals surface area contributed by atoms with E-state index in [2.05, 4.69) is 0 Å². The molecule has 1 aromatic heterocycles. The van der Waals surface area contributed by atoms with E-state index in [4.69, 9.17) is 9.47 Å². The van der Waals surface area contributed by atoms with Gasteiger partial charge >= 0.3 is 6.09 Å². The van der Waals surface area contributed by atoms with Gasteiger partial charge in [0.05, 0.1) is 6.10 Å². The number of ether oxygens (including phenoxy) is 2. The summed E-state index contributed by atoms with van der Waals surface area (Å²) >= 11 is 0. The fraction of sp³-hybridized carbons (Fsp3) is 0.579. The molecule has 0 N–H and O–H groups in total. The van der Waals surface area contributed by atoms with Crippen molar-refractivity contribution < 1.29 is 19.0 Å². The van der Waals surface area contributed by atoms with Gasteiger partial charge in [0.1, 0.15) is 5.60 Å². The van der Waals surface area contributed by atoms with E-state index in [9.17, 15) is 10.0 Å². The summed E-state index contributed by atoms with van der Waals surface area (Å²) in [6.07, 6.45) is 6.95. The van der Waals surface area contributed by atoms with E-state index in [1.807, 2.05) is 59.8 Å². The Bertz CT molecular complexity index is 606. The summed E-state index contributed by atoms with van der Waals surface area (Å²) in [5, 5.41) is 11.7. The second kappa shape index (κ2) is 8.74. The fourth-order valence-electron chi connectivity index (χ4n) is 2.05. The van der Waals surface area contributed by atoms with Gasteiger partial charge in [-0.05, 0) is 54.0 Å². The number of carbonyl (C=O) groups is 1. The average molecular weight is 350 g/mol. The van der Waals surface area contributed by atoms with Crippen LogP contribution in [-0.2, 0) is 4.74 Å². The normalized spacial score (nSPS) is 13.1. The van der Waals surface area contributed by atoms with Crippen molar-refractivity contribution in [1.29, 1.82) is 0 Å². The zero-order chi connectivity index (χ0) is 19.2. The van der Waals surface area contributed by atoms with Gasteiger partial charge < -0.3 is 19.6 Å². The Balaban J connectivity index is 2.67. The highest BCUT2D eigenvalue weighted by molar-refractivity contribution is 5.68. The van der Waals surface area contributed by atoms with Crippen LogP contribution in [0.5, 0.6) is 5.75 Å². The molecule has 1 heterocycles. The Morgan fingerprint density at radius 1 is 1.32 bits per heavy atom. The van der Waals surface area contributed by atoms with Crippen LogP contribution in [-0.4, -0.2) is 35.8 Å². The van der Waals surface area contributed by atoms with E-state index in [0.29, 0.717) is 12.2 Å². The first-order valence-electron chi connectivity index (χ1n) is 8.51. The SMILES string of the molecule is CC(C)Oc1cc(C=CC[C@H](C)N(C)C(=O)OC(C)(C)C)c[n+]([O-])c1. The number of hydrogen-bond acceptors (Lipinski definition) is 4. The topological polar surface area (TPSA) is 65.7 Å². The molecular weight excluding hydrogens is 320 g/mol. The molecule has 0 radical (unpaired) electrons. The Labute approximate surface area is 150 Å². The van der Waals surface area contributed by atoms with E-state index in [-0.39, 0.29) is 18.2 Å². The molecule has 0 spiro atoms. The highest BCUT2D eigenvalue weighted by Gasteiger charge is 2.22. The summed E-state index contributed by atoms with van der Waals surface area (Å²) in [6.45, 7) is 11.3. The van der Waals surface area contributed by atoms with Gasteiger partial charge in [-0.1, -0.05) is 12.2 Å². The maximum absolute atomic E-state index is 12.0. The molecule has 1 atom stereocenters. The highest BCUT2D eigenvalue weighted by atomic mass is 16.6. The zero-order valence-electron chi connectivity index (χ0n) is 16.3. The third kappa shape index (κ3) is 7.92. The summed E-state index contributed by atoms with van der Waals surface area (Å²) in [5.41, 5.74) is 0.236. The van der Waals surface area contributed by atoms with Gasteiger partial charge in [0, 0.05) is 18.7 Å². The van der Waals surface area contributed by atoms with Crippen molar-refractivity contribution in [3.8, 4) is 5.75 Å². The smallest absolute Gasteiger partial charge is 0.410 e. The first-order chi connectivity index (χ1) is 11.5. The molecule has 6 nitrogen and oxygen atoms in total. The molecular formula is C19H30N2O4. The zero-order valence-corrected chi connectivity index (χ0v) is 16.3. The molecule has 0 bridgehead atoms.